The number of hydrogen-bond donors (Lipinski definition) is 0. The van der Waals surface area contributed by atoms with Crippen LogP contribution in [-0.2, 0) is 0 Å². The lowest BCUT2D eigenvalue weighted by molar-refractivity contribution is 0.0794. The van der Waals surface area contributed by atoms with Crippen molar-refractivity contribution in [2.75, 3.05) is 20.1 Å². The fourth-order valence-corrected chi connectivity index (χ4v) is 4.02. The molecular formula is C18H26N2O. The number of Topliss-reactive ketones (excluding diaryl/α,β-unsaturated/α-hetero) is 1. The van der Waals surface area contributed by atoms with Crippen molar-refractivity contribution in [1.29, 1.82) is 0 Å². The summed E-state index contributed by atoms with van der Waals surface area (Å²) in [5.41, 5.74) is 0.854. The van der Waals surface area contributed by atoms with Gasteiger partial charge in [0.15, 0.2) is 5.78 Å². The highest BCUT2D eigenvalue weighted by molar-refractivity contribution is 6.00. The van der Waals surface area contributed by atoms with Gasteiger partial charge in [0.2, 0.25) is 0 Å². The van der Waals surface area contributed by atoms with E-state index in [1.807, 2.05) is 30.3 Å². The number of rotatable bonds is 4. The van der Waals surface area contributed by atoms with Gasteiger partial charge in [-0.05, 0) is 32.7 Å². The van der Waals surface area contributed by atoms with Crippen molar-refractivity contribution >= 4 is 5.78 Å². The molecule has 1 aromatic carbocycles. The summed E-state index contributed by atoms with van der Waals surface area (Å²) in [6.07, 6.45) is 4.71. The van der Waals surface area contributed by atoms with E-state index >= 15 is 0 Å². The summed E-state index contributed by atoms with van der Waals surface area (Å²) < 4.78 is 0. The molecule has 2 heterocycles. The Morgan fingerprint density at radius 2 is 1.90 bits per heavy atom. The summed E-state index contributed by atoms with van der Waals surface area (Å²) in [6, 6.07) is 11.2. The molecule has 3 unspecified atom stereocenters. The molecule has 0 saturated carbocycles. The van der Waals surface area contributed by atoms with Crippen molar-refractivity contribution in [1.82, 2.24) is 9.80 Å². The summed E-state index contributed by atoms with van der Waals surface area (Å²) in [4.78, 5) is 17.8. The number of likely N-dealkylation sites (N-methyl/N-ethyl adjacent to an activating group) is 1. The van der Waals surface area contributed by atoms with E-state index in [2.05, 4.69) is 23.8 Å². The molecule has 2 bridgehead atoms. The molecule has 3 atom stereocenters. The zero-order valence-electron chi connectivity index (χ0n) is 13.2. The molecule has 2 aliphatic rings. The zero-order chi connectivity index (χ0) is 14.8. The fraction of sp³-hybridized carbons (Fsp3) is 0.611. The molecule has 3 nitrogen and oxygen atoms in total. The topological polar surface area (TPSA) is 23.6 Å². The van der Waals surface area contributed by atoms with E-state index in [1.54, 1.807) is 0 Å². The number of fused-ring (bicyclic) bond motifs is 2. The molecule has 3 heteroatoms. The third-order valence-corrected chi connectivity index (χ3v) is 5.37. The Hall–Kier alpha value is -1.19. The maximum Gasteiger partial charge on any atom is 0.179 e. The summed E-state index contributed by atoms with van der Waals surface area (Å²) in [5.74, 6) is 0.290. The Balaban J connectivity index is 1.76. The highest BCUT2D eigenvalue weighted by atomic mass is 16.1. The van der Waals surface area contributed by atoms with Crippen LogP contribution in [0.5, 0.6) is 0 Å². The first-order valence-corrected chi connectivity index (χ1v) is 8.26. The highest BCUT2D eigenvalue weighted by Gasteiger charge is 2.37. The minimum Gasteiger partial charge on any atom is -0.299 e. The van der Waals surface area contributed by atoms with Crippen LogP contribution in [0.15, 0.2) is 30.3 Å². The van der Waals surface area contributed by atoms with E-state index < -0.39 is 0 Å². The summed E-state index contributed by atoms with van der Waals surface area (Å²) in [5, 5.41) is 0. The molecular weight excluding hydrogens is 260 g/mol. The summed E-state index contributed by atoms with van der Waals surface area (Å²) >= 11 is 0. The van der Waals surface area contributed by atoms with Gasteiger partial charge in [0.1, 0.15) is 0 Å². The average Bonchev–Trinajstić information content (AvgIpc) is 2.76. The van der Waals surface area contributed by atoms with Gasteiger partial charge in [-0.25, -0.2) is 0 Å². The van der Waals surface area contributed by atoms with Gasteiger partial charge in [0.05, 0.1) is 6.04 Å². The van der Waals surface area contributed by atoms with Crippen LogP contribution >= 0.6 is 0 Å². The molecule has 114 valence electrons. The van der Waals surface area contributed by atoms with Gasteiger partial charge in [-0.1, -0.05) is 37.3 Å². The van der Waals surface area contributed by atoms with Gasteiger partial charge in [-0.3, -0.25) is 14.6 Å². The number of benzene rings is 1. The van der Waals surface area contributed by atoms with Crippen molar-refractivity contribution in [3.8, 4) is 0 Å². The molecule has 2 fully saturated rings. The summed E-state index contributed by atoms with van der Waals surface area (Å²) in [6.45, 7) is 4.24. The highest BCUT2D eigenvalue weighted by Crippen LogP contribution is 2.30. The number of carbonyl (C=O) groups excluding carboxylic acids is 1. The minimum atomic E-state index is 0.0418. The lowest BCUT2D eigenvalue weighted by atomic mass is 9.98. The number of ketones is 1. The average molecular weight is 286 g/mol. The van der Waals surface area contributed by atoms with Crippen LogP contribution in [0.2, 0.25) is 0 Å². The third-order valence-electron chi connectivity index (χ3n) is 5.37. The van der Waals surface area contributed by atoms with E-state index in [0.29, 0.717) is 11.8 Å². The van der Waals surface area contributed by atoms with Crippen molar-refractivity contribution in [2.45, 2.75) is 50.7 Å². The predicted octanol–water partition coefficient (Wildman–Crippen LogP) is 2.82. The first-order chi connectivity index (χ1) is 10.2. The van der Waals surface area contributed by atoms with Crippen molar-refractivity contribution in [2.24, 2.45) is 0 Å². The third kappa shape index (κ3) is 2.90. The molecule has 0 radical (unpaired) electrons. The zero-order valence-corrected chi connectivity index (χ0v) is 13.2. The van der Waals surface area contributed by atoms with Gasteiger partial charge >= 0.3 is 0 Å². The largest absolute Gasteiger partial charge is 0.299 e. The standard InChI is InChI=1S/C18H26N2O/c1-3-17(18(21)14-7-5-4-6-8-14)20-12-11-15-9-10-16(13-20)19(15)2/h4-8,15-17H,3,9-13H2,1-2H3. The predicted molar refractivity (Wildman–Crippen MR) is 85.6 cm³/mol. The van der Waals surface area contributed by atoms with E-state index in [0.717, 1.165) is 31.1 Å². The Morgan fingerprint density at radius 3 is 2.62 bits per heavy atom. The van der Waals surface area contributed by atoms with Crippen LogP contribution in [0, 0.1) is 0 Å². The van der Waals surface area contributed by atoms with Crippen LogP contribution in [0.4, 0.5) is 0 Å². The van der Waals surface area contributed by atoms with Gasteiger partial charge in [0.25, 0.3) is 0 Å². The molecule has 21 heavy (non-hydrogen) atoms. The number of carbonyl (C=O) groups is 1. The Bertz CT molecular complexity index is 487. The van der Waals surface area contributed by atoms with E-state index in [-0.39, 0.29) is 6.04 Å². The normalized spacial score (nSPS) is 28.3. The second-order valence-corrected chi connectivity index (χ2v) is 6.49. The number of nitrogens with zero attached hydrogens (tertiary/aromatic N) is 2. The quantitative estimate of drug-likeness (QED) is 0.795. The molecule has 0 spiro atoms. The Kier molecular flexibility index (Phi) is 4.41. The van der Waals surface area contributed by atoms with Gasteiger partial charge in [-0.15, -0.1) is 0 Å². The van der Waals surface area contributed by atoms with E-state index in [1.165, 1.54) is 19.3 Å². The van der Waals surface area contributed by atoms with E-state index in [4.69, 9.17) is 0 Å². The molecule has 3 rings (SSSR count). The molecule has 0 N–H and O–H groups in total. The molecule has 0 amide bonds. The number of likely N-dealkylation sites (tertiary alicyclic amines) is 1. The lowest BCUT2D eigenvalue weighted by Gasteiger charge is -2.31. The molecule has 1 aromatic rings. The van der Waals surface area contributed by atoms with Gasteiger partial charge < -0.3 is 0 Å². The molecule has 2 saturated heterocycles. The second-order valence-electron chi connectivity index (χ2n) is 6.49. The Morgan fingerprint density at radius 1 is 1.19 bits per heavy atom. The molecule has 0 aromatic heterocycles. The monoisotopic (exact) mass is 286 g/mol. The van der Waals surface area contributed by atoms with Gasteiger partial charge in [-0.2, -0.15) is 0 Å². The molecule has 2 aliphatic heterocycles. The minimum absolute atomic E-state index is 0.0418. The maximum absolute atomic E-state index is 12.8. The van der Waals surface area contributed by atoms with Crippen LogP contribution in [0.25, 0.3) is 0 Å². The van der Waals surface area contributed by atoms with Crippen molar-refractivity contribution in [3.05, 3.63) is 35.9 Å². The smallest absolute Gasteiger partial charge is 0.179 e. The van der Waals surface area contributed by atoms with Crippen LogP contribution in [0.1, 0.15) is 43.0 Å². The first-order valence-electron chi connectivity index (χ1n) is 8.26. The molecule has 0 aliphatic carbocycles. The van der Waals surface area contributed by atoms with Crippen molar-refractivity contribution in [3.63, 3.8) is 0 Å². The fourth-order valence-electron chi connectivity index (χ4n) is 4.02. The second kappa shape index (κ2) is 6.29. The van der Waals surface area contributed by atoms with E-state index in [9.17, 15) is 4.79 Å². The van der Waals surface area contributed by atoms with Crippen LogP contribution in [0.3, 0.4) is 0 Å². The summed E-state index contributed by atoms with van der Waals surface area (Å²) in [7, 11) is 2.26. The van der Waals surface area contributed by atoms with Crippen LogP contribution in [-0.4, -0.2) is 53.8 Å². The first kappa shape index (κ1) is 14.7. The number of hydrogen-bond acceptors (Lipinski definition) is 3. The van der Waals surface area contributed by atoms with Gasteiger partial charge in [0, 0.05) is 30.7 Å². The SMILES string of the molecule is CCC(C(=O)c1ccccc1)N1CCC2CCC(C1)N2C. The maximum atomic E-state index is 12.8. The Labute approximate surface area is 127 Å². The van der Waals surface area contributed by atoms with Crippen molar-refractivity contribution < 1.29 is 4.79 Å². The lowest BCUT2D eigenvalue weighted by Crippen LogP contribution is -2.45. The van der Waals surface area contributed by atoms with Crippen LogP contribution < -0.4 is 0 Å².